The highest BCUT2D eigenvalue weighted by molar-refractivity contribution is 5.37. The summed E-state index contributed by atoms with van der Waals surface area (Å²) in [5.74, 6) is 5.78. The number of ether oxygens (including phenoxy) is 1. The average Bonchev–Trinajstić information content (AvgIpc) is 2.44. The molecule has 1 aromatic heterocycles. The Morgan fingerprint density at radius 1 is 1.22 bits per heavy atom. The first kappa shape index (κ1) is 14.4. The van der Waals surface area contributed by atoms with Gasteiger partial charge in [-0.15, -0.1) is 0 Å². The molecular weight excluding hydrogens is 236 g/mol. The van der Waals surface area contributed by atoms with Crippen LogP contribution >= 0.6 is 0 Å². The summed E-state index contributed by atoms with van der Waals surface area (Å²) in [4.78, 5) is 12.0. The summed E-state index contributed by atoms with van der Waals surface area (Å²) in [7, 11) is 1.46. The van der Waals surface area contributed by atoms with E-state index in [-0.39, 0.29) is 18.6 Å². The predicted molar refractivity (Wildman–Crippen MR) is 68.2 cm³/mol. The highest BCUT2D eigenvalue weighted by Crippen LogP contribution is 2.21. The molecule has 0 saturated heterocycles. The zero-order valence-corrected chi connectivity index (χ0v) is 10.9. The van der Waals surface area contributed by atoms with Crippen LogP contribution in [0.1, 0.15) is 26.7 Å². The van der Waals surface area contributed by atoms with Gasteiger partial charge in [0.1, 0.15) is 0 Å². The van der Waals surface area contributed by atoms with Crippen LogP contribution in [-0.4, -0.2) is 39.3 Å². The molecule has 102 valence electrons. The largest absolute Gasteiger partial charge is 0.467 e. The minimum absolute atomic E-state index is 0.0145. The Hall–Kier alpha value is -1.67. The monoisotopic (exact) mass is 256 g/mol. The van der Waals surface area contributed by atoms with Crippen molar-refractivity contribution in [3.63, 3.8) is 0 Å². The number of anilines is 2. The van der Waals surface area contributed by atoms with E-state index in [4.69, 9.17) is 10.6 Å². The quantitative estimate of drug-likeness (QED) is 0.401. The molecular formula is C10H20N6O2. The van der Waals surface area contributed by atoms with Gasteiger partial charge in [0.15, 0.2) is 0 Å². The van der Waals surface area contributed by atoms with Gasteiger partial charge in [0.25, 0.3) is 0 Å². The minimum atomic E-state index is -0.460. The van der Waals surface area contributed by atoms with Crippen molar-refractivity contribution in [2.75, 3.05) is 24.5 Å². The lowest BCUT2D eigenvalue weighted by Crippen LogP contribution is -2.41. The van der Waals surface area contributed by atoms with E-state index in [1.54, 1.807) is 0 Å². The van der Waals surface area contributed by atoms with E-state index < -0.39 is 5.54 Å². The number of hydrogen-bond donors (Lipinski definition) is 4. The fourth-order valence-corrected chi connectivity index (χ4v) is 1.50. The summed E-state index contributed by atoms with van der Waals surface area (Å²) in [6.45, 7) is 3.94. The highest BCUT2D eigenvalue weighted by atomic mass is 16.5. The van der Waals surface area contributed by atoms with Crippen molar-refractivity contribution in [3.05, 3.63) is 0 Å². The average molecular weight is 256 g/mol. The number of aliphatic hydroxyl groups excluding tert-OH is 1. The number of nitrogens with two attached hydrogens (primary N) is 1. The van der Waals surface area contributed by atoms with Crippen LogP contribution in [0.25, 0.3) is 0 Å². The molecule has 0 spiro atoms. The first-order valence-corrected chi connectivity index (χ1v) is 5.78. The lowest BCUT2D eigenvalue weighted by molar-refractivity contribution is 0.201. The number of nitrogens with zero attached hydrogens (tertiary/aromatic N) is 3. The van der Waals surface area contributed by atoms with Crippen LogP contribution < -0.4 is 21.3 Å². The van der Waals surface area contributed by atoms with E-state index in [9.17, 15) is 5.11 Å². The molecule has 0 radical (unpaired) electrons. The molecule has 8 nitrogen and oxygen atoms in total. The molecule has 0 unspecified atom stereocenters. The SMILES string of the molecule is CCC(CC)(CO)Nc1nc(NN)nc(OC)n1. The number of aromatic nitrogens is 3. The molecule has 0 aliphatic carbocycles. The number of methoxy groups -OCH3 is 1. The van der Waals surface area contributed by atoms with Gasteiger partial charge in [-0.05, 0) is 12.8 Å². The zero-order valence-electron chi connectivity index (χ0n) is 10.9. The Balaban J connectivity index is 3.01. The number of rotatable bonds is 7. The van der Waals surface area contributed by atoms with E-state index in [0.29, 0.717) is 5.95 Å². The van der Waals surface area contributed by atoms with E-state index >= 15 is 0 Å². The van der Waals surface area contributed by atoms with Gasteiger partial charge in [-0.2, -0.15) is 15.0 Å². The first-order chi connectivity index (χ1) is 8.62. The van der Waals surface area contributed by atoms with Gasteiger partial charge >= 0.3 is 6.01 Å². The molecule has 0 aromatic carbocycles. The maximum absolute atomic E-state index is 9.49. The summed E-state index contributed by atoms with van der Waals surface area (Å²) in [5.41, 5.74) is 1.88. The van der Waals surface area contributed by atoms with E-state index in [1.165, 1.54) is 7.11 Å². The van der Waals surface area contributed by atoms with Crippen LogP contribution in [0.15, 0.2) is 0 Å². The summed E-state index contributed by atoms with van der Waals surface area (Å²) in [6.07, 6.45) is 1.47. The molecule has 0 aliphatic heterocycles. The third kappa shape index (κ3) is 3.17. The molecule has 0 saturated carbocycles. The fourth-order valence-electron chi connectivity index (χ4n) is 1.50. The molecule has 0 atom stereocenters. The van der Waals surface area contributed by atoms with Crippen molar-refractivity contribution in [1.82, 2.24) is 15.0 Å². The Bertz CT molecular complexity index is 352. The number of hydrogen-bond acceptors (Lipinski definition) is 8. The molecule has 0 aliphatic rings. The Labute approximate surface area is 106 Å². The molecule has 5 N–H and O–H groups in total. The zero-order chi connectivity index (χ0) is 13.6. The maximum Gasteiger partial charge on any atom is 0.322 e. The standard InChI is InChI=1S/C10H20N6O2/c1-4-10(5-2,6-17)15-7-12-8(16-11)14-9(13-7)18-3/h17H,4-6,11H2,1-3H3,(H2,12,13,14,15,16). The second-order valence-corrected chi connectivity index (χ2v) is 3.88. The molecule has 0 amide bonds. The highest BCUT2D eigenvalue weighted by Gasteiger charge is 2.26. The van der Waals surface area contributed by atoms with Crippen molar-refractivity contribution in [2.24, 2.45) is 5.84 Å². The minimum Gasteiger partial charge on any atom is -0.467 e. The van der Waals surface area contributed by atoms with Gasteiger partial charge in [-0.25, -0.2) is 5.84 Å². The third-order valence-electron chi connectivity index (χ3n) is 2.96. The molecule has 0 fully saturated rings. The summed E-state index contributed by atoms with van der Waals surface area (Å²) in [5, 5.41) is 12.6. The van der Waals surface area contributed by atoms with Crippen LogP contribution in [0.3, 0.4) is 0 Å². The summed E-state index contributed by atoms with van der Waals surface area (Å²) < 4.78 is 4.95. The van der Waals surface area contributed by atoms with E-state index in [1.807, 2.05) is 13.8 Å². The van der Waals surface area contributed by atoms with Crippen molar-refractivity contribution in [3.8, 4) is 6.01 Å². The molecule has 1 aromatic rings. The van der Waals surface area contributed by atoms with Crippen LogP contribution in [-0.2, 0) is 0 Å². The van der Waals surface area contributed by atoms with Crippen molar-refractivity contribution >= 4 is 11.9 Å². The summed E-state index contributed by atoms with van der Waals surface area (Å²) >= 11 is 0. The Morgan fingerprint density at radius 3 is 2.28 bits per heavy atom. The maximum atomic E-state index is 9.49. The topological polar surface area (TPSA) is 118 Å². The smallest absolute Gasteiger partial charge is 0.322 e. The van der Waals surface area contributed by atoms with Crippen LogP contribution in [0.4, 0.5) is 11.9 Å². The Morgan fingerprint density at radius 2 is 1.83 bits per heavy atom. The number of aliphatic hydroxyl groups is 1. The molecule has 18 heavy (non-hydrogen) atoms. The van der Waals surface area contributed by atoms with Gasteiger partial charge in [0, 0.05) is 0 Å². The number of hydrazine groups is 1. The third-order valence-corrected chi connectivity index (χ3v) is 2.96. The lowest BCUT2D eigenvalue weighted by atomic mass is 9.94. The van der Waals surface area contributed by atoms with Crippen molar-refractivity contribution < 1.29 is 9.84 Å². The normalized spacial score (nSPS) is 11.2. The van der Waals surface area contributed by atoms with Gasteiger partial charge in [-0.1, -0.05) is 13.8 Å². The van der Waals surface area contributed by atoms with Crippen molar-refractivity contribution in [1.29, 1.82) is 0 Å². The number of nitrogens with one attached hydrogen (secondary N) is 2. The fraction of sp³-hybridized carbons (Fsp3) is 0.700. The van der Waals surface area contributed by atoms with Crippen LogP contribution in [0.5, 0.6) is 6.01 Å². The van der Waals surface area contributed by atoms with E-state index in [0.717, 1.165) is 12.8 Å². The van der Waals surface area contributed by atoms with Crippen LogP contribution in [0.2, 0.25) is 0 Å². The number of nitrogen functional groups attached to an aromatic ring is 1. The van der Waals surface area contributed by atoms with Crippen molar-refractivity contribution in [2.45, 2.75) is 32.2 Å². The van der Waals surface area contributed by atoms with Crippen LogP contribution in [0, 0.1) is 0 Å². The van der Waals surface area contributed by atoms with Gasteiger partial charge in [0.05, 0.1) is 19.3 Å². The second kappa shape index (κ2) is 6.31. The molecule has 1 rings (SSSR count). The Kier molecular flexibility index (Phi) is 5.05. The molecule has 1 heterocycles. The molecule has 8 heteroatoms. The lowest BCUT2D eigenvalue weighted by Gasteiger charge is -2.30. The van der Waals surface area contributed by atoms with Gasteiger partial charge in [-0.3, -0.25) is 5.43 Å². The van der Waals surface area contributed by atoms with Gasteiger partial charge in [0.2, 0.25) is 11.9 Å². The summed E-state index contributed by atoms with van der Waals surface area (Å²) in [6, 6.07) is 0.152. The van der Waals surface area contributed by atoms with Gasteiger partial charge < -0.3 is 15.2 Å². The first-order valence-electron chi connectivity index (χ1n) is 5.78. The van der Waals surface area contributed by atoms with E-state index in [2.05, 4.69) is 25.7 Å². The predicted octanol–water partition coefficient (Wildman–Crippen LogP) is 0.129. The molecule has 0 bridgehead atoms. The second-order valence-electron chi connectivity index (χ2n) is 3.88.